The van der Waals surface area contributed by atoms with Gasteiger partial charge in [-0.1, -0.05) is 17.3 Å². The Labute approximate surface area is 123 Å². The van der Waals surface area contributed by atoms with Crippen molar-refractivity contribution in [1.29, 1.82) is 0 Å². The van der Waals surface area contributed by atoms with Crippen LogP contribution in [0.25, 0.3) is 10.9 Å². The van der Waals surface area contributed by atoms with Crippen molar-refractivity contribution in [2.24, 2.45) is 17.8 Å². The van der Waals surface area contributed by atoms with E-state index in [2.05, 4.69) is 10.3 Å². The van der Waals surface area contributed by atoms with Gasteiger partial charge < -0.3 is 0 Å². The molecule has 0 saturated heterocycles. The van der Waals surface area contributed by atoms with E-state index >= 15 is 0 Å². The first kappa shape index (κ1) is 11.9. The second kappa shape index (κ2) is 3.93. The van der Waals surface area contributed by atoms with Gasteiger partial charge in [0.1, 0.15) is 5.52 Å². The summed E-state index contributed by atoms with van der Waals surface area (Å²) in [7, 11) is 0. The summed E-state index contributed by atoms with van der Waals surface area (Å²) >= 11 is 0. The van der Waals surface area contributed by atoms with Gasteiger partial charge in [0.05, 0.1) is 10.9 Å². The van der Waals surface area contributed by atoms with Crippen molar-refractivity contribution in [3.05, 3.63) is 34.6 Å². The summed E-state index contributed by atoms with van der Waals surface area (Å²) in [4.78, 5) is 12.9. The van der Waals surface area contributed by atoms with Gasteiger partial charge >= 0.3 is 0 Å². The minimum atomic E-state index is -0.0388. The molecule has 0 aliphatic heterocycles. The molecular formula is C17H19N3O. The van der Waals surface area contributed by atoms with Crippen molar-refractivity contribution in [3.63, 3.8) is 0 Å². The molecule has 0 unspecified atom stereocenters. The van der Waals surface area contributed by atoms with Crippen molar-refractivity contribution in [1.82, 2.24) is 15.0 Å². The van der Waals surface area contributed by atoms with Crippen LogP contribution in [0.4, 0.5) is 0 Å². The van der Waals surface area contributed by atoms with Crippen LogP contribution in [0.15, 0.2) is 29.1 Å². The van der Waals surface area contributed by atoms with Crippen LogP contribution in [-0.4, -0.2) is 15.0 Å². The molecule has 1 heterocycles. The van der Waals surface area contributed by atoms with E-state index in [0.717, 1.165) is 37.0 Å². The number of hydrogen-bond donors (Lipinski definition) is 0. The van der Waals surface area contributed by atoms with Gasteiger partial charge in [0, 0.05) is 0 Å². The molecule has 0 spiro atoms. The molecule has 4 aliphatic rings. The van der Waals surface area contributed by atoms with Gasteiger partial charge in [0.15, 0.2) is 0 Å². The van der Waals surface area contributed by atoms with E-state index in [-0.39, 0.29) is 11.1 Å². The van der Waals surface area contributed by atoms with Crippen LogP contribution in [-0.2, 0) is 5.54 Å². The number of aromatic nitrogens is 3. The molecule has 108 valence electrons. The summed E-state index contributed by atoms with van der Waals surface area (Å²) in [6.07, 6.45) is 7.50. The topological polar surface area (TPSA) is 47.8 Å². The fraction of sp³-hybridized carbons (Fsp3) is 0.588. The lowest BCUT2D eigenvalue weighted by molar-refractivity contribution is -0.0529. The monoisotopic (exact) mass is 281 g/mol. The molecule has 4 fully saturated rings. The molecule has 4 heteroatoms. The Morgan fingerprint density at radius 2 is 1.62 bits per heavy atom. The Hall–Kier alpha value is -1.71. The standard InChI is InChI=1S/C17H19N3O/c21-16-14-3-1-2-4-15(14)18-19-20(16)17-8-11-5-12(9-17)7-13(6-11)10-17/h1-4,11-13H,5-10H2. The zero-order valence-corrected chi connectivity index (χ0v) is 12.0. The van der Waals surface area contributed by atoms with Crippen molar-refractivity contribution in [3.8, 4) is 0 Å². The summed E-state index contributed by atoms with van der Waals surface area (Å²) < 4.78 is 1.76. The van der Waals surface area contributed by atoms with Gasteiger partial charge in [-0.2, -0.15) is 0 Å². The predicted octanol–water partition coefficient (Wildman–Crippen LogP) is 2.72. The maximum atomic E-state index is 12.9. The highest BCUT2D eigenvalue weighted by atomic mass is 16.1. The zero-order chi connectivity index (χ0) is 14.0. The van der Waals surface area contributed by atoms with Crippen LogP contribution in [0.2, 0.25) is 0 Å². The molecule has 0 amide bonds. The van der Waals surface area contributed by atoms with Crippen LogP contribution < -0.4 is 5.56 Å². The maximum Gasteiger partial charge on any atom is 0.278 e. The zero-order valence-electron chi connectivity index (χ0n) is 12.0. The number of benzene rings is 1. The lowest BCUT2D eigenvalue weighted by Crippen LogP contribution is -2.55. The summed E-state index contributed by atoms with van der Waals surface area (Å²) in [6.45, 7) is 0. The van der Waals surface area contributed by atoms with Crippen LogP contribution >= 0.6 is 0 Å². The quantitative estimate of drug-likeness (QED) is 0.807. The molecule has 0 N–H and O–H groups in total. The predicted molar refractivity (Wildman–Crippen MR) is 79.9 cm³/mol. The van der Waals surface area contributed by atoms with Crippen LogP contribution in [0.1, 0.15) is 38.5 Å². The van der Waals surface area contributed by atoms with Crippen molar-refractivity contribution in [2.45, 2.75) is 44.1 Å². The third-order valence-corrected chi connectivity index (χ3v) is 6.02. The summed E-state index contributed by atoms with van der Waals surface area (Å²) in [5.74, 6) is 2.41. The average molecular weight is 281 g/mol. The highest BCUT2D eigenvalue weighted by molar-refractivity contribution is 5.76. The van der Waals surface area contributed by atoms with Crippen molar-refractivity contribution in [2.75, 3.05) is 0 Å². The molecule has 2 aromatic rings. The van der Waals surface area contributed by atoms with Crippen LogP contribution in [0, 0.1) is 17.8 Å². The second-order valence-corrected chi connectivity index (χ2v) is 7.47. The Kier molecular flexibility index (Phi) is 2.23. The molecule has 4 aliphatic carbocycles. The Balaban J connectivity index is 1.71. The second-order valence-electron chi connectivity index (χ2n) is 7.47. The number of hydrogen-bond acceptors (Lipinski definition) is 3. The van der Waals surface area contributed by atoms with Gasteiger partial charge in [-0.05, 0) is 68.4 Å². The number of fused-ring (bicyclic) bond motifs is 1. The molecule has 4 bridgehead atoms. The molecule has 1 aromatic carbocycles. The molecule has 1 aromatic heterocycles. The van der Waals surface area contributed by atoms with E-state index < -0.39 is 0 Å². The van der Waals surface area contributed by atoms with Crippen LogP contribution in [0.5, 0.6) is 0 Å². The molecule has 4 nitrogen and oxygen atoms in total. The van der Waals surface area contributed by atoms with E-state index in [0.29, 0.717) is 10.9 Å². The first-order chi connectivity index (χ1) is 10.2. The average Bonchev–Trinajstić information content (AvgIpc) is 2.46. The fourth-order valence-electron chi connectivity index (χ4n) is 5.62. The minimum absolute atomic E-state index is 0.0388. The Bertz CT molecular complexity index is 744. The van der Waals surface area contributed by atoms with Gasteiger partial charge in [0.2, 0.25) is 0 Å². The Morgan fingerprint density at radius 1 is 1.00 bits per heavy atom. The largest absolute Gasteiger partial charge is 0.278 e. The summed E-state index contributed by atoms with van der Waals surface area (Å²) in [6, 6.07) is 7.57. The lowest BCUT2D eigenvalue weighted by atomic mass is 9.53. The number of rotatable bonds is 1. The number of nitrogens with zero attached hydrogens (tertiary/aromatic N) is 3. The van der Waals surface area contributed by atoms with Gasteiger partial charge in [0.25, 0.3) is 5.56 Å². The normalized spacial score (nSPS) is 37.2. The highest BCUT2D eigenvalue weighted by Crippen LogP contribution is 2.58. The highest BCUT2D eigenvalue weighted by Gasteiger charge is 2.53. The Morgan fingerprint density at radius 3 is 2.29 bits per heavy atom. The van der Waals surface area contributed by atoms with E-state index in [1.54, 1.807) is 4.68 Å². The first-order valence-electron chi connectivity index (χ1n) is 8.09. The lowest BCUT2D eigenvalue weighted by Gasteiger charge is -2.56. The van der Waals surface area contributed by atoms with Gasteiger partial charge in [-0.3, -0.25) is 4.79 Å². The molecule has 6 rings (SSSR count). The van der Waals surface area contributed by atoms with E-state index in [9.17, 15) is 4.79 Å². The van der Waals surface area contributed by atoms with E-state index in [4.69, 9.17) is 0 Å². The molecule has 0 radical (unpaired) electrons. The third kappa shape index (κ3) is 1.59. The fourth-order valence-corrected chi connectivity index (χ4v) is 5.62. The third-order valence-electron chi connectivity index (χ3n) is 6.02. The SMILES string of the molecule is O=c1c2ccccc2nnn1C12CC3CC(CC(C3)C1)C2. The van der Waals surface area contributed by atoms with E-state index in [1.165, 1.54) is 19.3 Å². The molecule has 0 atom stereocenters. The van der Waals surface area contributed by atoms with E-state index in [1.807, 2.05) is 24.3 Å². The van der Waals surface area contributed by atoms with Crippen LogP contribution in [0.3, 0.4) is 0 Å². The first-order valence-corrected chi connectivity index (χ1v) is 8.09. The molecule has 21 heavy (non-hydrogen) atoms. The van der Waals surface area contributed by atoms with Crippen molar-refractivity contribution < 1.29 is 0 Å². The minimum Gasteiger partial charge on any atom is -0.267 e. The summed E-state index contributed by atoms with van der Waals surface area (Å²) in [5, 5.41) is 9.37. The molecular weight excluding hydrogens is 262 g/mol. The van der Waals surface area contributed by atoms with Gasteiger partial charge in [-0.25, -0.2) is 4.68 Å². The maximum absolute atomic E-state index is 12.9. The summed E-state index contributed by atoms with van der Waals surface area (Å²) in [5.41, 5.74) is 0.731. The van der Waals surface area contributed by atoms with Gasteiger partial charge in [-0.15, -0.1) is 5.10 Å². The van der Waals surface area contributed by atoms with Crippen molar-refractivity contribution >= 4 is 10.9 Å². The molecule has 4 saturated carbocycles. The smallest absolute Gasteiger partial charge is 0.267 e.